The van der Waals surface area contributed by atoms with Crippen LogP contribution in [0.1, 0.15) is 16.7 Å². The maximum atomic E-state index is 8.37. The van der Waals surface area contributed by atoms with Gasteiger partial charge in [-0.25, -0.2) is 0 Å². The van der Waals surface area contributed by atoms with Crippen molar-refractivity contribution in [2.45, 2.75) is 13.8 Å². The van der Waals surface area contributed by atoms with E-state index in [9.17, 15) is 0 Å². The number of hydrogen-bond donors (Lipinski definition) is 1. The van der Waals surface area contributed by atoms with Crippen LogP contribution in [-0.2, 0) is 0 Å². The molecule has 0 aliphatic rings. The van der Waals surface area contributed by atoms with Crippen LogP contribution in [0.25, 0.3) is 0 Å². The van der Waals surface area contributed by atoms with E-state index < -0.39 is 0 Å². The molecule has 0 bridgehead atoms. The molecule has 2 nitrogen and oxygen atoms in total. The van der Waals surface area contributed by atoms with Gasteiger partial charge in [0.25, 0.3) is 0 Å². The lowest BCUT2D eigenvalue weighted by atomic mass is 10.0. The second-order valence-electron chi connectivity index (χ2n) is 2.70. The Kier molecular flexibility index (Phi) is 2.71. The molecule has 0 amide bonds. The van der Waals surface area contributed by atoms with E-state index in [0.29, 0.717) is 5.02 Å². The normalized spacial score (nSPS) is 10.9. The predicted octanol–water partition coefficient (Wildman–Crippen LogP) is 2.76. The summed E-state index contributed by atoms with van der Waals surface area (Å²) in [7, 11) is 0. The highest BCUT2D eigenvalue weighted by Gasteiger charge is 2.01. The first-order valence-electron chi connectivity index (χ1n) is 3.59. The molecule has 0 fully saturated rings. The van der Waals surface area contributed by atoms with Crippen molar-refractivity contribution in [2.24, 2.45) is 5.16 Å². The van der Waals surface area contributed by atoms with Gasteiger partial charge in [-0.3, -0.25) is 0 Å². The van der Waals surface area contributed by atoms with Crippen molar-refractivity contribution in [1.29, 1.82) is 0 Å². The molecule has 1 aromatic rings. The van der Waals surface area contributed by atoms with Crippen molar-refractivity contribution in [1.82, 2.24) is 0 Å². The van der Waals surface area contributed by atoms with Crippen molar-refractivity contribution in [2.75, 3.05) is 0 Å². The lowest BCUT2D eigenvalue weighted by Crippen LogP contribution is -1.91. The van der Waals surface area contributed by atoms with Crippen molar-refractivity contribution < 1.29 is 5.21 Å². The molecular formula is C9H10ClNO. The van der Waals surface area contributed by atoms with Crippen LogP contribution in [0.3, 0.4) is 0 Å². The Bertz CT molecular complexity index is 297. The largest absolute Gasteiger partial charge is 0.411 e. The lowest BCUT2D eigenvalue weighted by molar-refractivity contribution is 0.322. The van der Waals surface area contributed by atoms with Gasteiger partial charge < -0.3 is 5.21 Å². The third-order valence-electron chi connectivity index (χ3n) is 1.75. The highest BCUT2D eigenvalue weighted by atomic mass is 35.5. The second-order valence-corrected chi connectivity index (χ2v) is 3.13. The molecule has 0 heterocycles. The molecule has 0 saturated carbocycles. The van der Waals surface area contributed by atoms with Gasteiger partial charge in [-0.05, 0) is 37.1 Å². The summed E-state index contributed by atoms with van der Waals surface area (Å²) < 4.78 is 0. The molecule has 1 rings (SSSR count). The summed E-state index contributed by atoms with van der Waals surface area (Å²) in [5.74, 6) is 0. The molecular weight excluding hydrogens is 174 g/mol. The van der Waals surface area contributed by atoms with Crippen LogP contribution >= 0.6 is 11.6 Å². The lowest BCUT2D eigenvalue weighted by Gasteiger charge is -2.03. The van der Waals surface area contributed by atoms with Gasteiger partial charge in [0, 0.05) is 10.6 Å². The fourth-order valence-electron chi connectivity index (χ4n) is 1.18. The zero-order valence-electron chi connectivity index (χ0n) is 7.00. The summed E-state index contributed by atoms with van der Waals surface area (Å²) in [5, 5.41) is 12.1. The first-order chi connectivity index (χ1) is 5.65. The molecule has 64 valence electrons. The molecule has 12 heavy (non-hydrogen) atoms. The summed E-state index contributed by atoms with van der Waals surface area (Å²) in [6.45, 7) is 3.85. The van der Waals surface area contributed by atoms with Gasteiger partial charge in [0.15, 0.2) is 0 Å². The first kappa shape index (κ1) is 9.07. The number of halogens is 1. The molecule has 1 aromatic carbocycles. The summed E-state index contributed by atoms with van der Waals surface area (Å²) in [5.41, 5.74) is 2.94. The van der Waals surface area contributed by atoms with E-state index in [-0.39, 0.29) is 0 Å². The standard InChI is InChI=1S/C9H10ClNO/c1-6-3-8(10)4-7(2)9(6)5-11-12/h3-5,12H,1-2H3. The van der Waals surface area contributed by atoms with Gasteiger partial charge in [-0.15, -0.1) is 0 Å². The Morgan fingerprint density at radius 2 is 1.83 bits per heavy atom. The van der Waals surface area contributed by atoms with Gasteiger partial charge in [0.05, 0.1) is 6.21 Å². The quantitative estimate of drug-likeness (QED) is 0.405. The average molecular weight is 184 g/mol. The molecule has 1 N–H and O–H groups in total. The monoisotopic (exact) mass is 183 g/mol. The van der Waals surface area contributed by atoms with Crippen LogP contribution in [0, 0.1) is 13.8 Å². The van der Waals surface area contributed by atoms with Crippen molar-refractivity contribution in [3.63, 3.8) is 0 Å². The second kappa shape index (κ2) is 3.59. The molecule has 0 aliphatic carbocycles. The minimum atomic E-state index is 0.708. The molecule has 0 radical (unpaired) electrons. The van der Waals surface area contributed by atoms with E-state index in [1.807, 2.05) is 26.0 Å². The SMILES string of the molecule is Cc1cc(Cl)cc(C)c1C=NO. The maximum Gasteiger partial charge on any atom is 0.0739 e. The van der Waals surface area contributed by atoms with E-state index >= 15 is 0 Å². The Morgan fingerprint density at radius 3 is 2.25 bits per heavy atom. The third-order valence-corrected chi connectivity index (χ3v) is 1.96. The zero-order chi connectivity index (χ0) is 9.14. The topological polar surface area (TPSA) is 32.6 Å². The van der Waals surface area contributed by atoms with Crippen LogP contribution in [-0.4, -0.2) is 11.4 Å². The predicted molar refractivity (Wildman–Crippen MR) is 50.3 cm³/mol. The van der Waals surface area contributed by atoms with Gasteiger partial charge >= 0.3 is 0 Å². The zero-order valence-corrected chi connectivity index (χ0v) is 7.76. The van der Waals surface area contributed by atoms with Crippen LogP contribution in [0.15, 0.2) is 17.3 Å². The van der Waals surface area contributed by atoms with Crippen LogP contribution < -0.4 is 0 Å². The number of rotatable bonds is 1. The van der Waals surface area contributed by atoms with Gasteiger partial charge in [0.2, 0.25) is 0 Å². The Hall–Kier alpha value is -1.02. The van der Waals surface area contributed by atoms with E-state index in [1.165, 1.54) is 6.21 Å². The Balaban J connectivity index is 3.28. The number of aryl methyl sites for hydroxylation is 2. The molecule has 3 heteroatoms. The fraction of sp³-hybridized carbons (Fsp3) is 0.222. The molecule has 0 spiro atoms. The molecule has 0 aromatic heterocycles. The average Bonchev–Trinajstić information content (AvgIpc) is 1.96. The van der Waals surface area contributed by atoms with Crippen molar-refractivity contribution >= 4 is 17.8 Å². The third kappa shape index (κ3) is 1.77. The van der Waals surface area contributed by atoms with Crippen LogP contribution in [0.4, 0.5) is 0 Å². The van der Waals surface area contributed by atoms with Gasteiger partial charge in [-0.1, -0.05) is 16.8 Å². The van der Waals surface area contributed by atoms with E-state index in [0.717, 1.165) is 16.7 Å². The number of hydrogen-bond acceptors (Lipinski definition) is 2. The first-order valence-corrected chi connectivity index (χ1v) is 3.97. The summed E-state index contributed by atoms with van der Waals surface area (Å²) >= 11 is 5.82. The van der Waals surface area contributed by atoms with E-state index in [1.54, 1.807) is 0 Å². The molecule has 0 saturated heterocycles. The highest BCUT2D eigenvalue weighted by Crippen LogP contribution is 2.18. The van der Waals surface area contributed by atoms with Crippen molar-refractivity contribution in [3.8, 4) is 0 Å². The number of oxime groups is 1. The molecule has 0 aliphatic heterocycles. The van der Waals surface area contributed by atoms with E-state index in [2.05, 4.69) is 5.16 Å². The van der Waals surface area contributed by atoms with Crippen LogP contribution in [0.5, 0.6) is 0 Å². The van der Waals surface area contributed by atoms with Gasteiger partial charge in [0.1, 0.15) is 0 Å². The molecule has 0 unspecified atom stereocenters. The number of benzene rings is 1. The smallest absolute Gasteiger partial charge is 0.0739 e. The minimum Gasteiger partial charge on any atom is -0.411 e. The number of nitrogens with zero attached hydrogens (tertiary/aromatic N) is 1. The minimum absolute atomic E-state index is 0.708. The van der Waals surface area contributed by atoms with Gasteiger partial charge in [-0.2, -0.15) is 0 Å². The Morgan fingerprint density at radius 1 is 1.33 bits per heavy atom. The summed E-state index contributed by atoms with van der Waals surface area (Å²) in [6, 6.07) is 3.68. The van der Waals surface area contributed by atoms with Crippen LogP contribution in [0.2, 0.25) is 5.02 Å². The highest BCUT2D eigenvalue weighted by molar-refractivity contribution is 6.30. The summed E-state index contributed by atoms with van der Waals surface area (Å²) in [6.07, 6.45) is 1.42. The fourth-order valence-corrected chi connectivity index (χ4v) is 1.51. The summed E-state index contributed by atoms with van der Waals surface area (Å²) in [4.78, 5) is 0. The van der Waals surface area contributed by atoms with E-state index in [4.69, 9.17) is 16.8 Å². The molecule has 0 atom stereocenters. The Labute approximate surface area is 76.5 Å². The van der Waals surface area contributed by atoms with Crippen molar-refractivity contribution in [3.05, 3.63) is 33.8 Å². The maximum absolute atomic E-state index is 8.37.